The van der Waals surface area contributed by atoms with Gasteiger partial charge in [-0.25, -0.2) is 0 Å². The molecule has 2 aromatic carbocycles. The van der Waals surface area contributed by atoms with Crippen LogP contribution in [0.15, 0.2) is 78.2 Å². The van der Waals surface area contributed by atoms with E-state index in [2.05, 4.69) is 11.4 Å². The smallest absolute Gasteiger partial charge is 0.232 e. The minimum absolute atomic E-state index is 0.0115. The van der Waals surface area contributed by atoms with Gasteiger partial charge < -0.3 is 5.32 Å². The van der Waals surface area contributed by atoms with Crippen LogP contribution in [0.4, 0.5) is 0 Å². The predicted octanol–water partition coefficient (Wildman–Crippen LogP) is 4.76. The fraction of sp³-hybridized carbons (Fsp3) is 0.150. The van der Waals surface area contributed by atoms with E-state index in [1.807, 2.05) is 79.0 Å². The number of carbonyl (C=O) groups excluding carboxylic acids is 1. The molecule has 1 N–H and O–H groups in total. The Morgan fingerprint density at radius 2 is 1.43 bits per heavy atom. The highest BCUT2D eigenvalue weighted by atomic mass is 32.1. The number of rotatable bonds is 5. The summed E-state index contributed by atoms with van der Waals surface area (Å²) in [7, 11) is 0. The van der Waals surface area contributed by atoms with Crippen molar-refractivity contribution in [3.63, 3.8) is 0 Å². The second-order valence-electron chi connectivity index (χ2n) is 5.50. The third-order valence-electron chi connectivity index (χ3n) is 3.86. The van der Waals surface area contributed by atoms with Gasteiger partial charge in [-0.05, 0) is 29.5 Å². The van der Waals surface area contributed by atoms with Gasteiger partial charge in [-0.2, -0.15) is 0 Å². The number of thiophene rings is 1. The molecule has 23 heavy (non-hydrogen) atoms. The minimum Gasteiger partial charge on any atom is -0.348 e. The fourth-order valence-corrected chi connectivity index (χ4v) is 3.43. The Morgan fingerprint density at radius 1 is 0.870 bits per heavy atom. The molecule has 0 aliphatic heterocycles. The van der Waals surface area contributed by atoms with Crippen LogP contribution in [0.5, 0.6) is 0 Å². The molecule has 3 aromatic rings. The zero-order chi connectivity index (χ0) is 16.1. The summed E-state index contributed by atoms with van der Waals surface area (Å²) in [4.78, 5) is 14.1. The van der Waals surface area contributed by atoms with E-state index in [0.29, 0.717) is 0 Å². The van der Waals surface area contributed by atoms with Gasteiger partial charge in [0, 0.05) is 4.88 Å². The van der Waals surface area contributed by atoms with Crippen molar-refractivity contribution in [2.45, 2.75) is 18.9 Å². The summed E-state index contributed by atoms with van der Waals surface area (Å²) in [5.41, 5.74) is 2.02. The Bertz CT molecular complexity index is 698. The van der Waals surface area contributed by atoms with Gasteiger partial charge in [0.05, 0.1) is 12.0 Å². The van der Waals surface area contributed by atoms with Crippen molar-refractivity contribution in [3.8, 4) is 0 Å². The number of nitrogens with one attached hydrogen (secondary N) is 1. The zero-order valence-electron chi connectivity index (χ0n) is 13.0. The lowest BCUT2D eigenvalue weighted by Gasteiger charge is -2.20. The number of benzene rings is 2. The third kappa shape index (κ3) is 3.69. The molecule has 1 amide bonds. The fourth-order valence-electron chi connectivity index (χ4n) is 2.69. The van der Waals surface area contributed by atoms with Gasteiger partial charge in [-0.3, -0.25) is 4.79 Å². The average molecular weight is 321 g/mol. The first kappa shape index (κ1) is 15.5. The van der Waals surface area contributed by atoms with E-state index in [9.17, 15) is 4.79 Å². The summed E-state index contributed by atoms with van der Waals surface area (Å²) < 4.78 is 0. The maximum Gasteiger partial charge on any atom is 0.232 e. The van der Waals surface area contributed by atoms with Gasteiger partial charge in [0.15, 0.2) is 0 Å². The normalized spacial score (nSPS) is 12.1. The molecule has 0 aliphatic carbocycles. The highest BCUT2D eigenvalue weighted by Gasteiger charge is 2.24. The van der Waals surface area contributed by atoms with Crippen molar-refractivity contribution in [3.05, 3.63) is 94.2 Å². The van der Waals surface area contributed by atoms with Crippen LogP contribution in [0.2, 0.25) is 0 Å². The van der Waals surface area contributed by atoms with Gasteiger partial charge in [-0.1, -0.05) is 66.7 Å². The highest BCUT2D eigenvalue weighted by Crippen LogP contribution is 2.26. The summed E-state index contributed by atoms with van der Waals surface area (Å²) in [6.45, 7) is 2.02. The van der Waals surface area contributed by atoms with E-state index in [1.54, 1.807) is 11.3 Å². The van der Waals surface area contributed by atoms with Gasteiger partial charge in [0.1, 0.15) is 0 Å². The van der Waals surface area contributed by atoms with Crippen molar-refractivity contribution in [1.82, 2.24) is 5.32 Å². The Hall–Kier alpha value is -2.39. The van der Waals surface area contributed by atoms with Gasteiger partial charge in [0.25, 0.3) is 0 Å². The van der Waals surface area contributed by atoms with Crippen LogP contribution >= 0.6 is 11.3 Å². The van der Waals surface area contributed by atoms with Gasteiger partial charge in [-0.15, -0.1) is 11.3 Å². The number of carbonyl (C=O) groups is 1. The van der Waals surface area contributed by atoms with Gasteiger partial charge in [0.2, 0.25) is 5.91 Å². The highest BCUT2D eigenvalue weighted by molar-refractivity contribution is 7.10. The molecule has 0 saturated heterocycles. The maximum absolute atomic E-state index is 12.9. The number of amides is 1. The SMILES string of the molecule is CC(NC(=O)C(c1ccccc1)c1ccccc1)c1cccs1. The van der Waals surface area contributed by atoms with Crippen LogP contribution in [0, 0.1) is 0 Å². The molecule has 3 heteroatoms. The van der Waals surface area contributed by atoms with Crippen LogP contribution in [0.3, 0.4) is 0 Å². The predicted molar refractivity (Wildman–Crippen MR) is 95.6 cm³/mol. The molecule has 0 saturated carbocycles. The van der Waals surface area contributed by atoms with E-state index >= 15 is 0 Å². The second kappa shape index (κ2) is 7.25. The first-order valence-corrected chi connectivity index (χ1v) is 8.57. The van der Waals surface area contributed by atoms with Crippen molar-refractivity contribution < 1.29 is 4.79 Å². The Balaban J connectivity index is 1.88. The van der Waals surface area contributed by atoms with E-state index in [-0.39, 0.29) is 17.9 Å². The molecule has 1 heterocycles. The summed E-state index contributed by atoms with van der Waals surface area (Å²) in [5, 5.41) is 5.18. The third-order valence-corrected chi connectivity index (χ3v) is 4.91. The molecule has 1 atom stereocenters. The van der Waals surface area contributed by atoms with E-state index < -0.39 is 0 Å². The van der Waals surface area contributed by atoms with Crippen LogP contribution in [0.1, 0.15) is 34.9 Å². The molecule has 1 unspecified atom stereocenters. The summed E-state index contributed by atoms with van der Waals surface area (Å²) >= 11 is 1.66. The van der Waals surface area contributed by atoms with Crippen LogP contribution in [-0.4, -0.2) is 5.91 Å². The van der Waals surface area contributed by atoms with E-state index in [4.69, 9.17) is 0 Å². The first-order chi connectivity index (χ1) is 11.3. The van der Waals surface area contributed by atoms with Crippen molar-refractivity contribution in [2.24, 2.45) is 0 Å². The zero-order valence-corrected chi connectivity index (χ0v) is 13.8. The molecule has 0 fully saturated rings. The van der Waals surface area contributed by atoms with E-state index in [1.165, 1.54) is 4.88 Å². The lowest BCUT2D eigenvalue weighted by atomic mass is 9.90. The Kier molecular flexibility index (Phi) is 4.89. The molecule has 1 aromatic heterocycles. The standard InChI is InChI=1S/C20H19NOS/c1-15(18-13-8-14-23-18)21-20(22)19(16-9-4-2-5-10-16)17-11-6-3-7-12-17/h2-15,19H,1H3,(H,21,22). The number of hydrogen-bond donors (Lipinski definition) is 1. The lowest BCUT2D eigenvalue weighted by molar-refractivity contribution is -0.122. The lowest BCUT2D eigenvalue weighted by Crippen LogP contribution is -2.31. The monoisotopic (exact) mass is 321 g/mol. The largest absolute Gasteiger partial charge is 0.348 e. The molecule has 116 valence electrons. The summed E-state index contributed by atoms with van der Waals surface area (Å²) in [6.07, 6.45) is 0. The van der Waals surface area contributed by atoms with Gasteiger partial charge >= 0.3 is 0 Å². The maximum atomic E-state index is 12.9. The van der Waals surface area contributed by atoms with Crippen molar-refractivity contribution in [1.29, 1.82) is 0 Å². The number of hydrogen-bond acceptors (Lipinski definition) is 2. The minimum atomic E-state index is -0.292. The Morgan fingerprint density at radius 3 is 1.91 bits per heavy atom. The average Bonchev–Trinajstić information content (AvgIpc) is 3.12. The molecule has 0 aliphatic rings. The molecule has 0 bridgehead atoms. The Labute approximate surface area is 140 Å². The second-order valence-corrected chi connectivity index (χ2v) is 6.48. The topological polar surface area (TPSA) is 29.1 Å². The molecule has 3 rings (SSSR count). The molecular weight excluding hydrogens is 302 g/mol. The molecule has 2 nitrogen and oxygen atoms in total. The van der Waals surface area contributed by atoms with E-state index in [0.717, 1.165) is 11.1 Å². The quantitative estimate of drug-likeness (QED) is 0.721. The van der Waals surface area contributed by atoms with Crippen molar-refractivity contribution in [2.75, 3.05) is 0 Å². The van der Waals surface area contributed by atoms with Crippen LogP contribution in [0.25, 0.3) is 0 Å². The first-order valence-electron chi connectivity index (χ1n) is 7.69. The molecule has 0 spiro atoms. The molecular formula is C20H19NOS. The van der Waals surface area contributed by atoms with Crippen molar-refractivity contribution >= 4 is 17.2 Å². The molecule has 0 radical (unpaired) electrons. The van der Waals surface area contributed by atoms with Crippen LogP contribution in [-0.2, 0) is 4.79 Å². The summed E-state index contributed by atoms with van der Waals surface area (Å²) in [5.74, 6) is -0.261. The van der Waals surface area contributed by atoms with Crippen LogP contribution < -0.4 is 5.32 Å². The summed E-state index contributed by atoms with van der Waals surface area (Å²) in [6, 6.07) is 23.9.